The lowest BCUT2D eigenvalue weighted by atomic mass is 10.2. The summed E-state index contributed by atoms with van der Waals surface area (Å²) in [6, 6.07) is 10.0. The summed E-state index contributed by atoms with van der Waals surface area (Å²) in [5.41, 5.74) is 0.439. The van der Waals surface area contributed by atoms with E-state index in [-0.39, 0.29) is 4.90 Å². The first-order valence-electron chi connectivity index (χ1n) is 9.91. The van der Waals surface area contributed by atoms with Crippen molar-refractivity contribution < 1.29 is 13.2 Å². The Labute approximate surface area is 176 Å². The Balaban J connectivity index is 1.46. The number of benzene rings is 1. The van der Waals surface area contributed by atoms with Crippen LogP contribution >= 0.6 is 0 Å². The molecule has 4 rings (SSSR count). The van der Waals surface area contributed by atoms with Gasteiger partial charge in [0.1, 0.15) is 17.5 Å². The lowest BCUT2D eigenvalue weighted by Gasteiger charge is -2.35. The highest BCUT2D eigenvalue weighted by Crippen LogP contribution is 2.23. The second kappa shape index (κ2) is 8.55. The summed E-state index contributed by atoms with van der Waals surface area (Å²) in [6.45, 7) is 6.69. The van der Waals surface area contributed by atoms with Crippen LogP contribution in [0.2, 0.25) is 0 Å². The van der Waals surface area contributed by atoms with Crippen LogP contribution in [0, 0.1) is 18.3 Å². The molecule has 0 bridgehead atoms. The molecule has 158 valence electrons. The molecule has 2 fully saturated rings. The van der Waals surface area contributed by atoms with Crippen molar-refractivity contribution in [3.63, 3.8) is 0 Å². The number of ether oxygens (including phenoxy) is 1. The fourth-order valence-corrected chi connectivity index (χ4v) is 5.08. The van der Waals surface area contributed by atoms with E-state index >= 15 is 0 Å². The average molecular weight is 429 g/mol. The van der Waals surface area contributed by atoms with Gasteiger partial charge in [-0.15, -0.1) is 0 Å². The fourth-order valence-electron chi connectivity index (χ4n) is 3.66. The molecule has 10 heteroatoms. The van der Waals surface area contributed by atoms with Crippen LogP contribution in [-0.2, 0) is 14.8 Å². The lowest BCUT2D eigenvalue weighted by Crippen LogP contribution is -2.49. The number of piperazine rings is 1. The number of anilines is 2. The van der Waals surface area contributed by atoms with E-state index in [4.69, 9.17) is 10.00 Å². The van der Waals surface area contributed by atoms with E-state index in [1.165, 1.54) is 28.6 Å². The number of aryl methyl sites for hydroxylation is 1. The van der Waals surface area contributed by atoms with Crippen LogP contribution in [0.15, 0.2) is 35.2 Å². The van der Waals surface area contributed by atoms with Crippen LogP contribution in [0.4, 0.5) is 11.6 Å². The number of hydrogen-bond donors (Lipinski definition) is 0. The van der Waals surface area contributed by atoms with Crippen molar-refractivity contribution in [1.29, 1.82) is 5.26 Å². The molecule has 2 aromatic rings. The van der Waals surface area contributed by atoms with Gasteiger partial charge in [-0.2, -0.15) is 9.57 Å². The van der Waals surface area contributed by atoms with Gasteiger partial charge in [-0.25, -0.2) is 18.4 Å². The number of morpholine rings is 1. The number of nitrogens with zero attached hydrogens (tertiary/aromatic N) is 6. The summed E-state index contributed by atoms with van der Waals surface area (Å²) in [4.78, 5) is 13.6. The van der Waals surface area contributed by atoms with Gasteiger partial charge in [0.05, 0.1) is 29.7 Å². The predicted octanol–water partition coefficient (Wildman–Crippen LogP) is 1.00. The maximum atomic E-state index is 12.9. The largest absolute Gasteiger partial charge is 0.378 e. The van der Waals surface area contributed by atoms with Gasteiger partial charge in [0.2, 0.25) is 10.0 Å². The molecule has 2 aliphatic heterocycles. The summed E-state index contributed by atoms with van der Waals surface area (Å²) in [5, 5.41) is 8.90. The predicted molar refractivity (Wildman–Crippen MR) is 112 cm³/mol. The molecule has 9 nitrogen and oxygen atoms in total. The highest BCUT2D eigenvalue weighted by atomic mass is 32.2. The second-order valence-corrected chi connectivity index (χ2v) is 9.20. The van der Waals surface area contributed by atoms with Crippen molar-refractivity contribution in [1.82, 2.24) is 14.3 Å². The van der Waals surface area contributed by atoms with E-state index in [1.807, 2.05) is 19.1 Å². The second-order valence-electron chi connectivity index (χ2n) is 7.26. The molecule has 0 saturated carbocycles. The molecule has 0 unspecified atom stereocenters. The van der Waals surface area contributed by atoms with E-state index in [9.17, 15) is 8.42 Å². The van der Waals surface area contributed by atoms with Crippen LogP contribution < -0.4 is 9.80 Å². The number of nitriles is 1. The molecule has 1 aromatic carbocycles. The zero-order valence-electron chi connectivity index (χ0n) is 16.9. The minimum atomic E-state index is -3.58. The molecule has 2 aliphatic rings. The van der Waals surface area contributed by atoms with Gasteiger partial charge in [0, 0.05) is 45.3 Å². The number of aromatic nitrogens is 2. The molecule has 0 N–H and O–H groups in total. The minimum Gasteiger partial charge on any atom is -0.378 e. The van der Waals surface area contributed by atoms with Gasteiger partial charge >= 0.3 is 0 Å². The molecule has 30 heavy (non-hydrogen) atoms. The van der Waals surface area contributed by atoms with E-state index < -0.39 is 10.0 Å². The van der Waals surface area contributed by atoms with Gasteiger partial charge in [0.15, 0.2) is 0 Å². The van der Waals surface area contributed by atoms with Crippen LogP contribution in [0.25, 0.3) is 0 Å². The Kier molecular flexibility index (Phi) is 5.85. The fraction of sp³-hybridized carbons (Fsp3) is 0.450. The lowest BCUT2D eigenvalue weighted by molar-refractivity contribution is 0.122. The zero-order valence-corrected chi connectivity index (χ0v) is 17.7. The van der Waals surface area contributed by atoms with Crippen molar-refractivity contribution in [2.75, 3.05) is 62.3 Å². The van der Waals surface area contributed by atoms with Crippen molar-refractivity contribution in [2.45, 2.75) is 11.8 Å². The maximum absolute atomic E-state index is 12.9. The third-order valence-electron chi connectivity index (χ3n) is 5.33. The smallest absolute Gasteiger partial charge is 0.243 e. The first-order valence-corrected chi connectivity index (χ1v) is 11.3. The van der Waals surface area contributed by atoms with Crippen LogP contribution in [0.3, 0.4) is 0 Å². The molecule has 0 aliphatic carbocycles. The van der Waals surface area contributed by atoms with Gasteiger partial charge < -0.3 is 14.5 Å². The Morgan fingerprint density at radius 3 is 2.07 bits per heavy atom. The standard InChI is InChI=1S/C20H24N6O3S/c1-16-22-19(14-20(23-16)25-10-12-29-13-11-25)24-6-8-26(9-7-24)30(27,28)18-4-2-17(15-21)3-5-18/h2-5,14H,6-13H2,1H3. The molecular formula is C20H24N6O3S. The Morgan fingerprint density at radius 1 is 0.933 bits per heavy atom. The molecule has 0 amide bonds. The topological polar surface area (TPSA) is 103 Å². The van der Waals surface area contributed by atoms with Crippen LogP contribution in [0.5, 0.6) is 0 Å². The highest BCUT2D eigenvalue weighted by molar-refractivity contribution is 7.89. The average Bonchev–Trinajstić information content (AvgIpc) is 2.79. The van der Waals surface area contributed by atoms with Crippen molar-refractivity contribution in [3.05, 3.63) is 41.7 Å². The van der Waals surface area contributed by atoms with E-state index in [0.717, 1.165) is 24.7 Å². The highest BCUT2D eigenvalue weighted by Gasteiger charge is 2.29. The third-order valence-corrected chi connectivity index (χ3v) is 7.24. The first kappa shape index (κ1) is 20.5. The van der Waals surface area contributed by atoms with Crippen molar-refractivity contribution in [3.8, 4) is 6.07 Å². The summed E-state index contributed by atoms with van der Waals surface area (Å²) >= 11 is 0. The van der Waals surface area contributed by atoms with Gasteiger partial charge in [-0.1, -0.05) is 0 Å². The Bertz CT molecular complexity index is 1040. The quantitative estimate of drug-likeness (QED) is 0.711. The van der Waals surface area contributed by atoms with Crippen molar-refractivity contribution >= 4 is 21.7 Å². The number of hydrogen-bond acceptors (Lipinski definition) is 8. The van der Waals surface area contributed by atoms with Crippen molar-refractivity contribution in [2.24, 2.45) is 0 Å². The SMILES string of the molecule is Cc1nc(N2CCOCC2)cc(N2CCN(S(=O)(=O)c3ccc(C#N)cc3)CC2)n1. The summed E-state index contributed by atoms with van der Waals surface area (Å²) in [5.74, 6) is 2.40. The maximum Gasteiger partial charge on any atom is 0.243 e. The normalized spacial score (nSPS) is 18.3. The summed E-state index contributed by atoms with van der Waals surface area (Å²) in [6.07, 6.45) is 0. The van der Waals surface area contributed by atoms with Crippen LogP contribution in [0.1, 0.15) is 11.4 Å². The summed E-state index contributed by atoms with van der Waals surface area (Å²) in [7, 11) is -3.58. The molecule has 0 atom stereocenters. The molecule has 1 aromatic heterocycles. The van der Waals surface area contributed by atoms with Gasteiger partial charge in [0.25, 0.3) is 0 Å². The molecule has 0 spiro atoms. The zero-order chi connectivity index (χ0) is 21.1. The molecule has 3 heterocycles. The monoisotopic (exact) mass is 428 g/mol. The molecule has 2 saturated heterocycles. The van der Waals surface area contributed by atoms with E-state index in [0.29, 0.717) is 50.8 Å². The molecule has 0 radical (unpaired) electrons. The van der Waals surface area contributed by atoms with Crippen LogP contribution in [-0.4, -0.2) is 75.2 Å². The first-order chi connectivity index (χ1) is 14.5. The molecular weight excluding hydrogens is 404 g/mol. The number of rotatable bonds is 4. The van der Waals surface area contributed by atoms with Gasteiger partial charge in [-0.05, 0) is 31.2 Å². The van der Waals surface area contributed by atoms with E-state index in [1.54, 1.807) is 0 Å². The minimum absolute atomic E-state index is 0.211. The Morgan fingerprint density at radius 2 is 1.50 bits per heavy atom. The number of sulfonamides is 1. The summed E-state index contributed by atoms with van der Waals surface area (Å²) < 4.78 is 32.8. The Hall–Kier alpha value is -2.74. The third kappa shape index (κ3) is 4.23. The van der Waals surface area contributed by atoms with Gasteiger partial charge in [-0.3, -0.25) is 0 Å². The van der Waals surface area contributed by atoms with E-state index in [2.05, 4.69) is 19.8 Å².